The molecular formula is C19H28ClN5O. The topological polar surface area (TPSA) is 63.5 Å². The fourth-order valence-corrected chi connectivity index (χ4v) is 2.85. The number of benzene rings is 1. The Kier molecular flexibility index (Phi) is 7.78. The molecule has 0 aliphatic heterocycles. The van der Waals surface area contributed by atoms with Gasteiger partial charge in [-0.1, -0.05) is 17.7 Å². The third kappa shape index (κ3) is 5.95. The first-order valence-corrected chi connectivity index (χ1v) is 9.27. The molecule has 2 N–H and O–H groups in total. The molecule has 0 spiro atoms. The zero-order chi connectivity index (χ0) is 18.9. The molecule has 1 aromatic heterocycles. The average Bonchev–Trinajstić information content (AvgIpc) is 2.94. The van der Waals surface area contributed by atoms with Crippen molar-refractivity contribution in [2.45, 2.75) is 40.3 Å². The number of aromatic nitrogens is 2. The van der Waals surface area contributed by atoms with E-state index in [1.165, 1.54) is 5.69 Å². The molecule has 0 atom stereocenters. The van der Waals surface area contributed by atoms with E-state index in [-0.39, 0.29) is 0 Å². The summed E-state index contributed by atoms with van der Waals surface area (Å²) in [6.07, 6.45) is 0.969. The van der Waals surface area contributed by atoms with Crippen LogP contribution in [0.25, 0.3) is 0 Å². The van der Waals surface area contributed by atoms with E-state index >= 15 is 0 Å². The van der Waals surface area contributed by atoms with Gasteiger partial charge in [0.05, 0.1) is 19.3 Å². The van der Waals surface area contributed by atoms with Gasteiger partial charge in [0.15, 0.2) is 5.96 Å². The Hall–Kier alpha value is -2.21. The van der Waals surface area contributed by atoms with Crippen LogP contribution in [0.4, 0.5) is 0 Å². The normalized spacial score (nSPS) is 11.5. The Morgan fingerprint density at radius 3 is 2.73 bits per heavy atom. The molecule has 1 aromatic carbocycles. The molecule has 0 radical (unpaired) electrons. The van der Waals surface area contributed by atoms with Gasteiger partial charge in [0.25, 0.3) is 0 Å². The van der Waals surface area contributed by atoms with E-state index in [4.69, 9.17) is 16.3 Å². The Balaban J connectivity index is 1.89. The number of aliphatic imine (C=N–C) groups is 1. The number of hydrogen-bond donors (Lipinski definition) is 2. The van der Waals surface area contributed by atoms with Crippen molar-refractivity contribution in [2.75, 3.05) is 20.2 Å². The molecule has 2 aromatic rings. The van der Waals surface area contributed by atoms with E-state index in [2.05, 4.69) is 40.6 Å². The Labute approximate surface area is 160 Å². The summed E-state index contributed by atoms with van der Waals surface area (Å²) in [5.41, 5.74) is 3.25. The van der Waals surface area contributed by atoms with Gasteiger partial charge in [-0.05, 0) is 45.4 Å². The third-order valence-corrected chi connectivity index (χ3v) is 4.18. The molecule has 0 fully saturated rings. The second-order valence-electron chi connectivity index (χ2n) is 6.08. The van der Waals surface area contributed by atoms with E-state index in [0.29, 0.717) is 11.6 Å². The lowest BCUT2D eigenvalue weighted by Gasteiger charge is -2.12. The summed E-state index contributed by atoms with van der Waals surface area (Å²) in [6.45, 7) is 9.18. The van der Waals surface area contributed by atoms with Crippen molar-refractivity contribution >= 4 is 17.6 Å². The molecular weight excluding hydrogens is 350 g/mol. The maximum Gasteiger partial charge on any atom is 0.191 e. The number of ether oxygens (including phenoxy) is 1. The fourth-order valence-electron chi connectivity index (χ4n) is 2.69. The minimum absolute atomic E-state index is 0.521. The second kappa shape index (κ2) is 10.1. The Morgan fingerprint density at radius 2 is 2.08 bits per heavy atom. The monoisotopic (exact) mass is 377 g/mol. The molecule has 7 heteroatoms. The van der Waals surface area contributed by atoms with E-state index in [0.717, 1.165) is 49.0 Å². The molecule has 0 amide bonds. The van der Waals surface area contributed by atoms with Crippen molar-refractivity contribution in [2.24, 2.45) is 4.99 Å². The largest absolute Gasteiger partial charge is 0.496 e. The molecule has 0 unspecified atom stereocenters. The summed E-state index contributed by atoms with van der Waals surface area (Å²) in [4.78, 5) is 4.64. The number of aryl methyl sites for hydroxylation is 3. The van der Waals surface area contributed by atoms with Crippen LogP contribution in [-0.2, 0) is 13.1 Å². The zero-order valence-electron chi connectivity index (χ0n) is 16.0. The number of nitrogens with one attached hydrogen (secondary N) is 2. The summed E-state index contributed by atoms with van der Waals surface area (Å²) in [6, 6.07) is 7.69. The highest BCUT2D eigenvalue weighted by atomic mass is 35.5. The van der Waals surface area contributed by atoms with Crippen molar-refractivity contribution in [3.63, 3.8) is 0 Å². The molecule has 0 bridgehead atoms. The van der Waals surface area contributed by atoms with Crippen LogP contribution in [0.1, 0.15) is 30.3 Å². The number of methoxy groups -OCH3 is 1. The van der Waals surface area contributed by atoms with Gasteiger partial charge in [-0.2, -0.15) is 5.10 Å². The van der Waals surface area contributed by atoms with Gasteiger partial charge in [0, 0.05) is 35.9 Å². The van der Waals surface area contributed by atoms with Gasteiger partial charge in [0.2, 0.25) is 0 Å². The smallest absolute Gasteiger partial charge is 0.191 e. The van der Waals surface area contributed by atoms with Crippen molar-refractivity contribution in [3.05, 3.63) is 46.2 Å². The maximum atomic E-state index is 6.01. The predicted octanol–water partition coefficient (Wildman–Crippen LogP) is 3.31. The number of hydrogen-bond acceptors (Lipinski definition) is 3. The molecule has 0 aliphatic rings. The maximum absolute atomic E-state index is 6.01. The number of nitrogens with zero attached hydrogens (tertiary/aromatic N) is 3. The lowest BCUT2D eigenvalue weighted by molar-refractivity contribution is 0.410. The highest BCUT2D eigenvalue weighted by Crippen LogP contribution is 2.23. The summed E-state index contributed by atoms with van der Waals surface area (Å²) in [7, 11) is 1.64. The summed E-state index contributed by atoms with van der Waals surface area (Å²) >= 11 is 6.01. The minimum atomic E-state index is 0.521. The van der Waals surface area contributed by atoms with Crippen LogP contribution in [-0.4, -0.2) is 35.9 Å². The second-order valence-corrected chi connectivity index (χ2v) is 6.52. The predicted molar refractivity (Wildman–Crippen MR) is 107 cm³/mol. The highest BCUT2D eigenvalue weighted by molar-refractivity contribution is 6.30. The van der Waals surface area contributed by atoms with E-state index in [1.54, 1.807) is 13.2 Å². The third-order valence-electron chi connectivity index (χ3n) is 3.94. The van der Waals surface area contributed by atoms with Gasteiger partial charge in [-0.3, -0.25) is 4.68 Å². The van der Waals surface area contributed by atoms with Gasteiger partial charge in [0.1, 0.15) is 5.75 Å². The SMILES string of the molecule is CCNC(=NCc1ccc(Cl)cc1OC)NCCCn1nc(C)cc1C. The van der Waals surface area contributed by atoms with E-state index in [9.17, 15) is 0 Å². The highest BCUT2D eigenvalue weighted by Gasteiger charge is 2.05. The quantitative estimate of drug-likeness (QED) is 0.421. The van der Waals surface area contributed by atoms with Crippen LogP contribution in [0.2, 0.25) is 5.02 Å². The van der Waals surface area contributed by atoms with Crippen molar-refractivity contribution in [1.29, 1.82) is 0 Å². The minimum Gasteiger partial charge on any atom is -0.496 e. The van der Waals surface area contributed by atoms with Crippen LogP contribution in [0.5, 0.6) is 5.75 Å². The van der Waals surface area contributed by atoms with Crippen molar-refractivity contribution in [1.82, 2.24) is 20.4 Å². The summed E-state index contributed by atoms with van der Waals surface area (Å²) in [5, 5.41) is 11.8. The summed E-state index contributed by atoms with van der Waals surface area (Å²) in [5.74, 6) is 1.54. The first-order valence-electron chi connectivity index (χ1n) is 8.89. The van der Waals surface area contributed by atoms with E-state index < -0.39 is 0 Å². The molecule has 2 rings (SSSR count). The molecule has 6 nitrogen and oxygen atoms in total. The van der Waals surface area contributed by atoms with Gasteiger partial charge in [-0.25, -0.2) is 4.99 Å². The molecule has 0 saturated heterocycles. The Morgan fingerprint density at radius 1 is 1.27 bits per heavy atom. The van der Waals surface area contributed by atoms with Crippen LogP contribution >= 0.6 is 11.6 Å². The van der Waals surface area contributed by atoms with Gasteiger partial charge < -0.3 is 15.4 Å². The van der Waals surface area contributed by atoms with Crippen LogP contribution in [0.15, 0.2) is 29.3 Å². The van der Waals surface area contributed by atoms with Gasteiger partial charge >= 0.3 is 0 Å². The van der Waals surface area contributed by atoms with Crippen molar-refractivity contribution in [3.8, 4) is 5.75 Å². The zero-order valence-corrected chi connectivity index (χ0v) is 16.7. The lowest BCUT2D eigenvalue weighted by atomic mass is 10.2. The average molecular weight is 378 g/mol. The van der Waals surface area contributed by atoms with Crippen LogP contribution in [0.3, 0.4) is 0 Å². The van der Waals surface area contributed by atoms with Crippen molar-refractivity contribution < 1.29 is 4.74 Å². The number of guanidine groups is 1. The molecule has 0 aliphatic carbocycles. The molecule has 142 valence electrons. The first kappa shape index (κ1) is 20.1. The fraction of sp³-hybridized carbons (Fsp3) is 0.474. The standard InChI is InChI=1S/C19H28ClN5O/c1-5-21-19(22-9-6-10-25-15(3)11-14(2)24-25)23-13-16-7-8-17(20)12-18(16)26-4/h7-8,11-12H,5-6,9-10,13H2,1-4H3,(H2,21,22,23). The molecule has 0 saturated carbocycles. The Bertz CT molecular complexity index is 742. The number of halogens is 1. The van der Waals surface area contributed by atoms with E-state index in [1.807, 2.05) is 23.7 Å². The number of rotatable bonds is 8. The van der Waals surface area contributed by atoms with Crippen LogP contribution < -0.4 is 15.4 Å². The molecule has 1 heterocycles. The van der Waals surface area contributed by atoms with Crippen LogP contribution in [0, 0.1) is 13.8 Å². The summed E-state index contributed by atoms with van der Waals surface area (Å²) < 4.78 is 7.42. The lowest BCUT2D eigenvalue weighted by Crippen LogP contribution is -2.38. The first-order chi connectivity index (χ1) is 12.5. The van der Waals surface area contributed by atoms with Gasteiger partial charge in [-0.15, -0.1) is 0 Å². The molecule has 26 heavy (non-hydrogen) atoms.